The number of rotatable bonds is 6. The third-order valence-corrected chi connectivity index (χ3v) is 4.28. The molecule has 0 radical (unpaired) electrons. The summed E-state index contributed by atoms with van der Waals surface area (Å²) in [6, 6.07) is 7.12. The van der Waals surface area contributed by atoms with Gasteiger partial charge in [-0.15, -0.1) is 5.10 Å². The van der Waals surface area contributed by atoms with Crippen LogP contribution in [0.15, 0.2) is 30.6 Å². The zero-order valence-electron chi connectivity index (χ0n) is 14.1. The van der Waals surface area contributed by atoms with Crippen molar-refractivity contribution >= 4 is 11.8 Å². The van der Waals surface area contributed by atoms with Gasteiger partial charge in [-0.3, -0.25) is 9.59 Å². The maximum absolute atomic E-state index is 12.3. The predicted molar refractivity (Wildman–Crippen MR) is 91.2 cm³/mol. The summed E-state index contributed by atoms with van der Waals surface area (Å²) in [7, 11) is 0. The average Bonchev–Trinajstić information content (AvgIpc) is 3.10. The molecule has 0 bridgehead atoms. The van der Waals surface area contributed by atoms with E-state index in [2.05, 4.69) is 20.8 Å². The van der Waals surface area contributed by atoms with Gasteiger partial charge in [0.2, 0.25) is 5.91 Å². The van der Waals surface area contributed by atoms with E-state index in [9.17, 15) is 9.59 Å². The van der Waals surface area contributed by atoms with Crippen molar-refractivity contribution in [3.63, 3.8) is 0 Å². The molecule has 1 aromatic heterocycles. The van der Waals surface area contributed by atoms with E-state index in [0.29, 0.717) is 25.1 Å². The van der Waals surface area contributed by atoms with Gasteiger partial charge in [0.1, 0.15) is 6.33 Å². The molecular weight excluding hydrogens is 320 g/mol. The second kappa shape index (κ2) is 8.36. The number of carbonyl (C=O) groups excluding carboxylic acids is 2. The van der Waals surface area contributed by atoms with E-state index in [1.54, 1.807) is 18.2 Å². The standard InChI is InChI=1S/C17H22N6O2/c24-16-8-2-1-3-10-22(16)11-5-9-18-17(25)14-6-4-7-15(12-14)23-13-19-20-21-23/h4,6-7,12-13H,1-3,5,8-11H2,(H,18,25). The molecule has 0 unspecified atom stereocenters. The molecule has 8 nitrogen and oxygen atoms in total. The van der Waals surface area contributed by atoms with Crippen molar-refractivity contribution in [2.75, 3.05) is 19.6 Å². The fourth-order valence-corrected chi connectivity index (χ4v) is 2.92. The zero-order chi connectivity index (χ0) is 17.5. The molecule has 2 aromatic rings. The fraction of sp³-hybridized carbons (Fsp3) is 0.471. The van der Waals surface area contributed by atoms with Gasteiger partial charge < -0.3 is 10.2 Å². The monoisotopic (exact) mass is 342 g/mol. The molecule has 8 heteroatoms. The van der Waals surface area contributed by atoms with Gasteiger partial charge in [0.25, 0.3) is 5.91 Å². The van der Waals surface area contributed by atoms with Gasteiger partial charge in [0.05, 0.1) is 5.69 Å². The highest BCUT2D eigenvalue weighted by molar-refractivity contribution is 5.94. The first-order valence-electron chi connectivity index (χ1n) is 8.63. The van der Waals surface area contributed by atoms with Crippen LogP contribution in [0.4, 0.5) is 0 Å². The maximum atomic E-state index is 12.3. The van der Waals surface area contributed by atoms with Gasteiger partial charge in [-0.2, -0.15) is 0 Å². The number of carbonyl (C=O) groups is 2. The Bertz CT molecular complexity index is 716. The molecule has 1 aromatic carbocycles. The summed E-state index contributed by atoms with van der Waals surface area (Å²) in [5.74, 6) is 0.0927. The van der Waals surface area contributed by atoms with Gasteiger partial charge >= 0.3 is 0 Å². The largest absolute Gasteiger partial charge is 0.352 e. The zero-order valence-corrected chi connectivity index (χ0v) is 14.1. The van der Waals surface area contributed by atoms with Crippen molar-refractivity contribution in [2.45, 2.75) is 32.1 Å². The Morgan fingerprint density at radius 1 is 1.24 bits per heavy atom. The SMILES string of the molecule is O=C(NCCCN1CCCCCC1=O)c1cccc(-n2cnnn2)c1. The third-order valence-electron chi connectivity index (χ3n) is 4.28. The fourth-order valence-electron chi connectivity index (χ4n) is 2.92. The lowest BCUT2D eigenvalue weighted by atomic mass is 10.2. The summed E-state index contributed by atoms with van der Waals surface area (Å²) in [5, 5.41) is 13.9. The van der Waals surface area contributed by atoms with Crippen molar-refractivity contribution in [1.82, 2.24) is 30.4 Å². The Morgan fingerprint density at radius 3 is 3.00 bits per heavy atom. The number of tetrazole rings is 1. The lowest BCUT2D eigenvalue weighted by Gasteiger charge is -2.20. The second-order valence-corrected chi connectivity index (χ2v) is 6.11. The molecule has 1 aliphatic rings. The summed E-state index contributed by atoms with van der Waals surface area (Å²) in [5.41, 5.74) is 1.28. The van der Waals surface area contributed by atoms with Gasteiger partial charge in [0, 0.05) is 31.6 Å². The molecular formula is C17H22N6O2. The van der Waals surface area contributed by atoms with Crippen molar-refractivity contribution < 1.29 is 9.59 Å². The second-order valence-electron chi connectivity index (χ2n) is 6.11. The van der Waals surface area contributed by atoms with E-state index in [0.717, 1.165) is 37.9 Å². The Labute approximate surface area is 146 Å². The highest BCUT2D eigenvalue weighted by atomic mass is 16.2. The van der Waals surface area contributed by atoms with Crippen LogP contribution in [0, 0.1) is 0 Å². The molecule has 1 fully saturated rings. The molecule has 25 heavy (non-hydrogen) atoms. The smallest absolute Gasteiger partial charge is 0.251 e. The van der Waals surface area contributed by atoms with Crippen molar-refractivity contribution in [3.8, 4) is 5.69 Å². The van der Waals surface area contributed by atoms with Gasteiger partial charge in [-0.05, 0) is 47.9 Å². The Balaban J connectivity index is 1.48. The minimum atomic E-state index is -0.142. The van der Waals surface area contributed by atoms with E-state index in [1.807, 2.05) is 11.0 Å². The lowest BCUT2D eigenvalue weighted by molar-refractivity contribution is -0.130. The Morgan fingerprint density at radius 2 is 2.16 bits per heavy atom. The van der Waals surface area contributed by atoms with Crippen LogP contribution in [0.1, 0.15) is 42.5 Å². The average molecular weight is 342 g/mol. The van der Waals surface area contributed by atoms with Crippen LogP contribution in [0.5, 0.6) is 0 Å². The molecule has 0 spiro atoms. The topological polar surface area (TPSA) is 93.0 Å². The van der Waals surface area contributed by atoms with E-state index < -0.39 is 0 Å². The molecule has 1 N–H and O–H groups in total. The lowest BCUT2D eigenvalue weighted by Crippen LogP contribution is -2.34. The Hall–Kier alpha value is -2.77. The van der Waals surface area contributed by atoms with Gasteiger partial charge in [-0.25, -0.2) is 4.68 Å². The maximum Gasteiger partial charge on any atom is 0.251 e. The van der Waals surface area contributed by atoms with E-state index in [1.165, 1.54) is 11.0 Å². The number of likely N-dealkylation sites (tertiary alicyclic amines) is 1. The minimum Gasteiger partial charge on any atom is -0.352 e. The highest BCUT2D eigenvalue weighted by Gasteiger charge is 2.16. The van der Waals surface area contributed by atoms with Gasteiger partial charge in [0.15, 0.2) is 0 Å². The molecule has 1 aliphatic heterocycles. The summed E-state index contributed by atoms with van der Waals surface area (Å²) < 4.78 is 1.50. The van der Waals surface area contributed by atoms with Crippen LogP contribution in [0.25, 0.3) is 5.69 Å². The van der Waals surface area contributed by atoms with Gasteiger partial charge in [-0.1, -0.05) is 12.5 Å². The van der Waals surface area contributed by atoms with Crippen molar-refractivity contribution in [1.29, 1.82) is 0 Å². The molecule has 0 saturated carbocycles. The number of aromatic nitrogens is 4. The summed E-state index contributed by atoms with van der Waals surface area (Å²) in [4.78, 5) is 26.1. The van der Waals surface area contributed by atoms with E-state index >= 15 is 0 Å². The first-order chi connectivity index (χ1) is 12.2. The number of benzene rings is 1. The van der Waals surface area contributed by atoms with Crippen molar-refractivity contribution in [2.24, 2.45) is 0 Å². The molecule has 0 aliphatic carbocycles. The number of hydrogen-bond acceptors (Lipinski definition) is 5. The summed E-state index contributed by atoms with van der Waals surface area (Å²) in [6.45, 7) is 2.07. The van der Waals surface area contributed by atoms with Crippen LogP contribution in [-0.4, -0.2) is 56.6 Å². The predicted octanol–water partition coefficient (Wildman–Crippen LogP) is 1.18. The van der Waals surface area contributed by atoms with Crippen LogP contribution >= 0.6 is 0 Å². The quantitative estimate of drug-likeness (QED) is 0.796. The van der Waals surface area contributed by atoms with Crippen LogP contribution in [0.2, 0.25) is 0 Å². The minimum absolute atomic E-state index is 0.142. The number of nitrogens with zero attached hydrogens (tertiary/aromatic N) is 5. The molecule has 2 heterocycles. The number of nitrogens with one attached hydrogen (secondary N) is 1. The van der Waals surface area contributed by atoms with Crippen molar-refractivity contribution in [3.05, 3.63) is 36.2 Å². The molecule has 2 amide bonds. The highest BCUT2D eigenvalue weighted by Crippen LogP contribution is 2.11. The Kier molecular flexibility index (Phi) is 5.71. The third kappa shape index (κ3) is 4.62. The van der Waals surface area contributed by atoms with Crippen LogP contribution < -0.4 is 5.32 Å². The number of amides is 2. The summed E-state index contributed by atoms with van der Waals surface area (Å²) in [6.07, 6.45) is 6.07. The molecule has 132 valence electrons. The normalized spacial score (nSPS) is 15.0. The first-order valence-corrected chi connectivity index (χ1v) is 8.63. The number of hydrogen-bond donors (Lipinski definition) is 1. The van der Waals surface area contributed by atoms with E-state index in [-0.39, 0.29) is 11.8 Å². The molecule has 0 atom stereocenters. The van der Waals surface area contributed by atoms with Crippen LogP contribution in [-0.2, 0) is 4.79 Å². The molecule has 3 rings (SSSR count). The first kappa shape index (κ1) is 17.1. The van der Waals surface area contributed by atoms with Crippen LogP contribution in [0.3, 0.4) is 0 Å². The van der Waals surface area contributed by atoms with E-state index in [4.69, 9.17) is 0 Å². The molecule has 1 saturated heterocycles. The summed E-state index contributed by atoms with van der Waals surface area (Å²) >= 11 is 0.